The van der Waals surface area contributed by atoms with Crippen LogP contribution in [0.5, 0.6) is 17.2 Å². The van der Waals surface area contributed by atoms with E-state index in [4.69, 9.17) is 25.4 Å². The van der Waals surface area contributed by atoms with Gasteiger partial charge < -0.3 is 30.6 Å². The van der Waals surface area contributed by atoms with E-state index in [1.165, 1.54) is 21.3 Å². The highest BCUT2D eigenvalue weighted by molar-refractivity contribution is 5.95. The molecule has 2 aromatic rings. The van der Waals surface area contributed by atoms with Gasteiger partial charge in [-0.2, -0.15) is 0 Å². The Kier molecular flexibility index (Phi) is 8.38. The highest BCUT2D eigenvalue weighted by atomic mass is 35.5. The standard InChI is InChI=1S/C22H28N4O4.ClH/c1-28-17-10-15(11-18(29-2)20(17)30-3)19(22(27)25-12-13-4-5-13)26-16-8-6-14(7-9-16)21(23)24;/h6-11,13,19,26H,4-5,12H2,1-3H3,(H3,23,24)(H,25,27);1H. The second kappa shape index (κ2) is 10.8. The summed E-state index contributed by atoms with van der Waals surface area (Å²) >= 11 is 0. The van der Waals surface area contributed by atoms with Crippen molar-refractivity contribution in [3.63, 3.8) is 0 Å². The van der Waals surface area contributed by atoms with Gasteiger partial charge in [-0.15, -0.1) is 12.4 Å². The van der Waals surface area contributed by atoms with Gasteiger partial charge in [-0.25, -0.2) is 0 Å². The van der Waals surface area contributed by atoms with E-state index in [1.54, 1.807) is 36.4 Å². The minimum Gasteiger partial charge on any atom is -0.493 e. The largest absolute Gasteiger partial charge is 0.493 e. The summed E-state index contributed by atoms with van der Waals surface area (Å²) < 4.78 is 16.3. The van der Waals surface area contributed by atoms with Gasteiger partial charge in [-0.1, -0.05) is 0 Å². The lowest BCUT2D eigenvalue weighted by atomic mass is 10.0. The maximum Gasteiger partial charge on any atom is 0.247 e. The number of carbonyl (C=O) groups excluding carboxylic acids is 1. The number of rotatable bonds is 10. The molecule has 0 heterocycles. The number of ether oxygens (including phenoxy) is 3. The molecule has 1 fully saturated rings. The van der Waals surface area contributed by atoms with Crippen LogP contribution >= 0.6 is 12.4 Å². The van der Waals surface area contributed by atoms with Crippen molar-refractivity contribution in [1.29, 1.82) is 5.41 Å². The molecule has 9 heteroatoms. The van der Waals surface area contributed by atoms with Crippen LogP contribution in [0.1, 0.15) is 30.0 Å². The number of hydrogen-bond acceptors (Lipinski definition) is 6. The molecular weight excluding hydrogens is 420 g/mol. The van der Waals surface area contributed by atoms with E-state index in [2.05, 4.69) is 10.6 Å². The molecule has 8 nitrogen and oxygen atoms in total. The summed E-state index contributed by atoms with van der Waals surface area (Å²) in [6, 6.07) is 9.89. The molecule has 1 aliphatic rings. The molecule has 1 atom stereocenters. The third-order valence-electron chi connectivity index (χ3n) is 5.05. The van der Waals surface area contributed by atoms with Crippen LogP contribution in [-0.4, -0.2) is 39.6 Å². The summed E-state index contributed by atoms with van der Waals surface area (Å²) in [7, 11) is 4.61. The number of halogens is 1. The van der Waals surface area contributed by atoms with E-state index in [0.29, 0.717) is 40.8 Å². The Labute approximate surface area is 188 Å². The number of methoxy groups -OCH3 is 3. The van der Waals surface area contributed by atoms with Crippen molar-refractivity contribution in [3.8, 4) is 17.2 Å². The smallest absolute Gasteiger partial charge is 0.247 e. The molecule has 1 unspecified atom stereocenters. The van der Waals surface area contributed by atoms with Crippen molar-refractivity contribution in [2.24, 2.45) is 11.7 Å². The number of amides is 1. The van der Waals surface area contributed by atoms with Gasteiger partial charge in [0.05, 0.1) is 21.3 Å². The molecule has 0 aromatic heterocycles. The molecule has 0 radical (unpaired) electrons. The van der Waals surface area contributed by atoms with E-state index in [1.807, 2.05) is 0 Å². The normalized spacial score (nSPS) is 13.4. The van der Waals surface area contributed by atoms with Crippen LogP contribution in [0.25, 0.3) is 0 Å². The third-order valence-corrected chi connectivity index (χ3v) is 5.05. The predicted molar refractivity (Wildman–Crippen MR) is 123 cm³/mol. The van der Waals surface area contributed by atoms with E-state index < -0.39 is 6.04 Å². The Morgan fingerprint density at radius 2 is 1.68 bits per heavy atom. The van der Waals surface area contributed by atoms with Crippen molar-refractivity contribution >= 4 is 29.8 Å². The number of anilines is 1. The Hall–Kier alpha value is -3.13. The third kappa shape index (κ3) is 5.95. The molecular formula is C22H29ClN4O4. The zero-order valence-corrected chi connectivity index (χ0v) is 18.7. The molecule has 0 saturated heterocycles. The van der Waals surface area contributed by atoms with Crippen LogP contribution in [-0.2, 0) is 4.79 Å². The summed E-state index contributed by atoms with van der Waals surface area (Å²) in [6.07, 6.45) is 2.30. The van der Waals surface area contributed by atoms with Gasteiger partial charge in [-0.05, 0) is 60.7 Å². The van der Waals surface area contributed by atoms with E-state index in [9.17, 15) is 4.79 Å². The molecule has 31 heavy (non-hydrogen) atoms. The predicted octanol–water partition coefficient (Wildman–Crippen LogP) is 3.10. The van der Waals surface area contributed by atoms with Crippen LogP contribution in [0.4, 0.5) is 5.69 Å². The second-order valence-corrected chi connectivity index (χ2v) is 7.22. The van der Waals surface area contributed by atoms with Crippen LogP contribution in [0.3, 0.4) is 0 Å². The fourth-order valence-electron chi connectivity index (χ4n) is 3.15. The van der Waals surface area contributed by atoms with Gasteiger partial charge in [0.25, 0.3) is 0 Å². The number of nitrogens with two attached hydrogens (primary N) is 1. The minimum atomic E-state index is -0.680. The SMILES string of the molecule is COc1cc(C(Nc2ccc(C(=N)N)cc2)C(=O)NCC2CC2)cc(OC)c1OC.Cl. The molecule has 1 saturated carbocycles. The molecule has 0 aliphatic heterocycles. The average Bonchev–Trinajstić information content (AvgIpc) is 3.59. The average molecular weight is 449 g/mol. The summed E-state index contributed by atoms with van der Waals surface area (Å²) in [5, 5.41) is 13.8. The first-order valence-electron chi connectivity index (χ1n) is 9.75. The van der Waals surface area contributed by atoms with Crippen LogP contribution in [0, 0.1) is 11.3 Å². The first-order chi connectivity index (χ1) is 14.5. The first kappa shape index (κ1) is 24.1. The van der Waals surface area contributed by atoms with Crippen molar-refractivity contribution in [3.05, 3.63) is 47.5 Å². The number of hydrogen-bond donors (Lipinski definition) is 4. The van der Waals surface area contributed by atoms with Crippen LogP contribution in [0.15, 0.2) is 36.4 Å². The van der Waals surface area contributed by atoms with Gasteiger partial charge >= 0.3 is 0 Å². The quantitative estimate of drug-likeness (QED) is 0.327. The maximum atomic E-state index is 13.1. The van der Waals surface area contributed by atoms with E-state index >= 15 is 0 Å². The molecule has 0 spiro atoms. The van der Waals surface area contributed by atoms with Crippen molar-refractivity contribution in [2.75, 3.05) is 33.2 Å². The van der Waals surface area contributed by atoms with Gasteiger partial charge in [0.1, 0.15) is 11.9 Å². The van der Waals surface area contributed by atoms with Gasteiger partial charge in [0.2, 0.25) is 11.7 Å². The maximum absolute atomic E-state index is 13.1. The van der Waals surface area contributed by atoms with Crippen molar-refractivity contribution in [1.82, 2.24) is 5.32 Å². The molecule has 1 aliphatic carbocycles. The molecule has 1 amide bonds. The lowest BCUT2D eigenvalue weighted by molar-refractivity contribution is -0.122. The molecule has 168 valence electrons. The summed E-state index contributed by atoms with van der Waals surface area (Å²) in [4.78, 5) is 13.1. The highest BCUT2D eigenvalue weighted by Gasteiger charge is 2.27. The van der Waals surface area contributed by atoms with Gasteiger partial charge in [0.15, 0.2) is 11.5 Å². The molecule has 5 N–H and O–H groups in total. The van der Waals surface area contributed by atoms with E-state index in [0.717, 1.165) is 18.5 Å². The molecule has 3 rings (SSSR count). The summed E-state index contributed by atoms with van der Waals surface area (Å²) in [5.74, 6) is 1.81. The van der Waals surface area contributed by atoms with E-state index in [-0.39, 0.29) is 24.1 Å². The van der Waals surface area contributed by atoms with Crippen molar-refractivity contribution in [2.45, 2.75) is 18.9 Å². The lowest BCUT2D eigenvalue weighted by Crippen LogP contribution is -2.34. The number of nitrogens with one attached hydrogen (secondary N) is 3. The zero-order valence-electron chi connectivity index (χ0n) is 17.9. The van der Waals surface area contributed by atoms with Gasteiger partial charge in [-0.3, -0.25) is 10.2 Å². The highest BCUT2D eigenvalue weighted by Crippen LogP contribution is 2.40. The number of nitrogen functional groups attached to an aromatic ring is 1. The summed E-state index contributed by atoms with van der Waals surface area (Å²) in [5.41, 5.74) is 7.54. The Morgan fingerprint density at radius 1 is 1.10 bits per heavy atom. The van der Waals surface area contributed by atoms with Crippen molar-refractivity contribution < 1.29 is 19.0 Å². The Morgan fingerprint density at radius 3 is 2.13 bits per heavy atom. The minimum absolute atomic E-state index is 0. The van der Waals surface area contributed by atoms with Crippen LogP contribution in [0.2, 0.25) is 0 Å². The monoisotopic (exact) mass is 448 g/mol. The van der Waals surface area contributed by atoms with Gasteiger partial charge in [0, 0.05) is 17.8 Å². The second-order valence-electron chi connectivity index (χ2n) is 7.22. The number of benzene rings is 2. The molecule has 0 bridgehead atoms. The lowest BCUT2D eigenvalue weighted by Gasteiger charge is -2.22. The fraction of sp³-hybridized carbons (Fsp3) is 0.364. The van der Waals surface area contributed by atoms with Crippen LogP contribution < -0.4 is 30.6 Å². The topological polar surface area (TPSA) is 119 Å². The fourth-order valence-corrected chi connectivity index (χ4v) is 3.15. The Balaban J connectivity index is 0.00000341. The number of amidine groups is 1. The number of carbonyl (C=O) groups is 1. The Bertz CT molecular complexity index is 891. The first-order valence-corrected chi connectivity index (χ1v) is 9.75. The summed E-state index contributed by atoms with van der Waals surface area (Å²) in [6.45, 7) is 0.657. The molecule has 2 aromatic carbocycles. The zero-order chi connectivity index (χ0) is 21.7.